The van der Waals surface area contributed by atoms with Crippen molar-refractivity contribution in [2.45, 2.75) is 13.0 Å². The molecule has 1 saturated heterocycles. The van der Waals surface area contributed by atoms with Crippen LogP contribution in [-0.4, -0.2) is 51.4 Å². The Balaban J connectivity index is 1.83. The topological polar surface area (TPSA) is 74.9 Å². The summed E-state index contributed by atoms with van der Waals surface area (Å²) in [7, 11) is 0.815. The summed E-state index contributed by atoms with van der Waals surface area (Å²) in [5.74, 6) is 2.36. The molecule has 6 nitrogen and oxygen atoms in total. The molecule has 112 valence electrons. The lowest BCUT2D eigenvalue weighted by molar-refractivity contribution is 0.397. The second-order valence-electron chi connectivity index (χ2n) is 5.13. The maximum Gasteiger partial charge on any atom is 0.193 e. The fourth-order valence-corrected chi connectivity index (χ4v) is 4.23. The first kappa shape index (κ1) is 14.9. The van der Waals surface area contributed by atoms with Crippen molar-refractivity contribution in [3.8, 4) is 0 Å². The van der Waals surface area contributed by atoms with Gasteiger partial charge in [0.25, 0.3) is 0 Å². The molecule has 0 saturated carbocycles. The number of aliphatic imine (C=N–C) groups is 1. The number of rotatable bonds is 4. The van der Waals surface area contributed by atoms with Gasteiger partial charge in [-0.2, -0.15) is 0 Å². The van der Waals surface area contributed by atoms with Gasteiger partial charge in [0.05, 0.1) is 24.3 Å². The molecule has 1 atom stereocenters. The van der Waals surface area contributed by atoms with Crippen molar-refractivity contribution < 1.29 is 12.8 Å². The zero-order valence-corrected chi connectivity index (χ0v) is 12.7. The van der Waals surface area contributed by atoms with Crippen LogP contribution in [0, 0.1) is 5.92 Å². The molecule has 1 aliphatic rings. The lowest BCUT2D eigenvalue weighted by Crippen LogP contribution is -2.40. The van der Waals surface area contributed by atoms with Gasteiger partial charge in [0.1, 0.15) is 5.76 Å². The molecule has 0 bridgehead atoms. The highest BCUT2D eigenvalue weighted by Crippen LogP contribution is 2.17. The molecule has 1 N–H and O–H groups in total. The second kappa shape index (κ2) is 6.30. The van der Waals surface area contributed by atoms with Crippen molar-refractivity contribution >= 4 is 15.8 Å². The van der Waals surface area contributed by atoms with Crippen LogP contribution >= 0.6 is 0 Å². The molecule has 1 unspecified atom stereocenters. The van der Waals surface area contributed by atoms with Crippen LogP contribution in [0.1, 0.15) is 12.2 Å². The minimum atomic E-state index is -2.82. The van der Waals surface area contributed by atoms with Gasteiger partial charge >= 0.3 is 0 Å². The van der Waals surface area contributed by atoms with Crippen molar-refractivity contribution in [3.05, 3.63) is 24.2 Å². The SMILES string of the molecule is CN=C(NCC1CCS(=O)(=O)C1)N(C)Cc1ccco1. The molecule has 0 aromatic carbocycles. The second-order valence-corrected chi connectivity index (χ2v) is 7.36. The Morgan fingerprint density at radius 1 is 1.60 bits per heavy atom. The predicted molar refractivity (Wildman–Crippen MR) is 78.3 cm³/mol. The summed E-state index contributed by atoms with van der Waals surface area (Å²) in [5, 5.41) is 3.23. The van der Waals surface area contributed by atoms with E-state index in [1.807, 2.05) is 24.1 Å². The molecule has 1 fully saturated rings. The smallest absolute Gasteiger partial charge is 0.193 e. The van der Waals surface area contributed by atoms with Crippen LogP contribution in [0.15, 0.2) is 27.8 Å². The van der Waals surface area contributed by atoms with Crippen LogP contribution in [0.3, 0.4) is 0 Å². The van der Waals surface area contributed by atoms with E-state index in [4.69, 9.17) is 4.42 Å². The van der Waals surface area contributed by atoms with Gasteiger partial charge in [-0.3, -0.25) is 4.99 Å². The van der Waals surface area contributed by atoms with Crippen molar-refractivity contribution in [2.24, 2.45) is 10.9 Å². The number of hydrogen-bond acceptors (Lipinski definition) is 4. The van der Waals surface area contributed by atoms with E-state index >= 15 is 0 Å². The Labute approximate surface area is 119 Å². The lowest BCUT2D eigenvalue weighted by atomic mass is 10.1. The highest BCUT2D eigenvalue weighted by atomic mass is 32.2. The fraction of sp³-hybridized carbons (Fsp3) is 0.615. The summed E-state index contributed by atoms with van der Waals surface area (Å²) in [6.45, 7) is 1.25. The molecule has 0 amide bonds. The third-order valence-electron chi connectivity index (χ3n) is 3.42. The summed E-state index contributed by atoms with van der Waals surface area (Å²) in [6.07, 6.45) is 2.37. The first-order valence-electron chi connectivity index (χ1n) is 6.65. The third kappa shape index (κ3) is 4.00. The molecule has 1 aromatic rings. The van der Waals surface area contributed by atoms with Crippen LogP contribution in [0.4, 0.5) is 0 Å². The maximum absolute atomic E-state index is 11.4. The van der Waals surface area contributed by atoms with Crippen molar-refractivity contribution in [1.82, 2.24) is 10.2 Å². The number of nitrogens with zero attached hydrogens (tertiary/aromatic N) is 2. The summed E-state index contributed by atoms with van der Waals surface area (Å²) in [6, 6.07) is 3.76. The highest BCUT2D eigenvalue weighted by molar-refractivity contribution is 7.91. The van der Waals surface area contributed by atoms with E-state index in [0.717, 1.165) is 18.1 Å². The lowest BCUT2D eigenvalue weighted by Gasteiger charge is -2.22. The zero-order valence-electron chi connectivity index (χ0n) is 11.9. The van der Waals surface area contributed by atoms with Crippen LogP contribution in [0.2, 0.25) is 0 Å². The molecule has 7 heteroatoms. The van der Waals surface area contributed by atoms with Gasteiger partial charge in [0, 0.05) is 20.6 Å². The van der Waals surface area contributed by atoms with Gasteiger partial charge in [-0.25, -0.2) is 8.42 Å². The first-order valence-corrected chi connectivity index (χ1v) is 8.47. The molecule has 2 rings (SSSR count). The normalized spacial score (nSPS) is 21.9. The predicted octanol–water partition coefficient (Wildman–Crippen LogP) is 0.722. The number of hydrogen-bond donors (Lipinski definition) is 1. The third-order valence-corrected chi connectivity index (χ3v) is 5.26. The van der Waals surface area contributed by atoms with Crippen molar-refractivity contribution in [1.29, 1.82) is 0 Å². The zero-order chi connectivity index (χ0) is 14.6. The molecular weight excluding hydrogens is 278 g/mol. The van der Waals surface area contributed by atoms with Crippen molar-refractivity contribution in [3.63, 3.8) is 0 Å². The maximum atomic E-state index is 11.4. The summed E-state index contributed by atoms with van der Waals surface area (Å²) < 4.78 is 28.1. The van der Waals surface area contributed by atoms with Gasteiger partial charge in [-0.15, -0.1) is 0 Å². The highest BCUT2D eigenvalue weighted by Gasteiger charge is 2.27. The van der Waals surface area contributed by atoms with Crippen molar-refractivity contribution in [2.75, 3.05) is 32.1 Å². The molecular formula is C13H21N3O3S. The van der Waals surface area contributed by atoms with E-state index in [0.29, 0.717) is 18.8 Å². The van der Waals surface area contributed by atoms with E-state index in [-0.39, 0.29) is 11.7 Å². The van der Waals surface area contributed by atoms with E-state index in [1.165, 1.54) is 0 Å². The minimum Gasteiger partial charge on any atom is -0.467 e. The van der Waals surface area contributed by atoms with Gasteiger partial charge in [0.15, 0.2) is 15.8 Å². The minimum absolute atomic E-state index is 0.175. The molecule has 1 aliphatic heterocycles. The van der Waals surface area contributed by atoms with Gasteiger partial charge < -0.3 is 14.6 Å². The molecule has 0 aliphatic carbocycles. The monoisotopic (exact) mass is 299 g/mol. The molecule has 2 heterocycles. The summed E-state index contributed by atoms with van der Waals surface area (Å²) >= 11 is 0. The Kier molecular flexibility index (Phi) is 4.69. The van der Waals surface area contributed by atoms with E-state index in [1.54, 1.807) is 13.3 Å². The number of nitrogens with one attached hydrogen (secondary N) is 1. The van der Waals surface area contributed by atoms with Crippen LogP contribution in [0.25, 0.3) is 0 Å². The van der Waals surface area contributed by atoms with Gasteiger partial charge in [-0.05, 0) is 24.5 Å². The first-order chi connectivity index (χ1) is 9.50. The van der Waals surface area contributed by atoms with Crippen LogP contribution in [-0.2, 0) is 16.4 Å². The Hall–Kier alpha value is -1.50. The van der Waals surface area contributed by atoms with Gasteiger partial charge in [-0.1, -0.05) is 0 Å². The van der Waals surface area contributed by atoms with Crippen LogP contribution < -0.4 is 5.32 Å². The number of sulfone groups is 1. The Morgan fingerprint density at radius 2 is 2.40 bits per heavy atom. The molecule has 0 radical (unpaired) electrons. The standard InChI is InChI=1S/C13H21N3O3S/c1-14-13(16(2)9-12-4-3-6-19-12)15-8-11-5-7-20(17,18)10-11/h3-4,6,11H,5,7-10H2,1-2H3,(H,14,15). The average Bonchev–Trinajstić information content (AvgIpc) is 3.00. The summed E-state index contributed by atoms with van der Waals surface area (Å²) in [4.78, 5) is 6.15. The molecule has 1 aromatic heterocycles. The average molecular weight is 299 g/mol. The number of furan rings is 1. The molecule has 0 spiro atoms. The Bertz CT molecular complexity index is 551. The van der Waals surface area contributed by atoms with E-state index < -0.39 is 9.84 Å². The fourth-order valence-electron chi connectivity index (χ4n) is 2.36. The molecule has 20 heavy (non-hydrogen) atoms. The van der Waals surface area contributed by atoms with Crippen LogP contribution in [0.5, 0.6) is 0 Å². The summed E-state index contributed by atoms with van der Waals surface area (Å²) in [5.41, 5.74) is 0. The Morgan fingerprint density at radius 3 is 2.95 bits per heavy atom. The largest absolute Gasteiger partial charge is 0.467 e. The van der Waals surface area contributed by atoms with E-state index in [9.17, 15) is 8.42 Å². The van der Waals surface area contributed by atoms with Gasteiger partial charge in [0.2, 0.25) is 0 Å². The van der Waals surface area contributed by atoms with E-state index in [2.05, 4.69) is 10.3 Å². The number of guanidine groups is 1. The quantitative estimate of drug-likeness (QED) is 0.655.